The molecule has 1 N–H and O–H groups in total. The van der Waals surface area contributed by atoms with Crippen LogP contribution >= 0.6 is 0 Å². The van der Waals surface area contributed by atoms with Crippen molar-refractivity contribution < 1.29 is 14.6 Å². The zero-order valence-corrected chi connectivity index (χ0v) is 9.61. The smallest absolute Gasteiger partial charge is 0.307 e. The summed E-state index contributed by atoms with van der Waals surface area (Å²) in [5.41, 5.74) is 0. The fourth-order valence-corrected chi connectivity index (χ4v) is 2.35. The van der Waals surface area contributed by atoms with Gasteiger partial charge in [-0.2, -0.15) is 0 Å². The van der Waals surface area contributed by atoms with Crippen LogP contribution in [0, 0.1) is 0 Å². The van der Waals surface area contributed by atoms with Gasteiger partial charge >= 0.3 is 5.97 Å². The zero-order chi connectivity index (χ0) is 11.3. The quantitative estimate of drug-likeness (QED) is 0.704. The van der Waals surface area contributed by atoms with Crippen molar-refractivity contribution in [3.63, 3.8) is 0 Å². The topological polar surface area (TPSA) is 49.8 Å². The summed E-state index contributed by atoms with van der Waals surface area (Å²) in [5.74, 6) is -0.156. The number of β-amino-alcohol motifs (C(OH)–C–C–N with tert-alkyl or cyclic N) is 1. The molecule has 0 unspecified atom stereocenters. The van der Waals surface area contributed by atoms with Gasteiger partial charge in [-0.1, -0.05) is 6.42 Å². The third-order valence-corrected chi connectivity index (χ3v) is 3.18. The number of hydrogen-bond donors (Lipinski definition) is 1. The minimum Gasteiger partial charge on any atom is -0.469 e. The molecule has 0 spiro atoms. The van der Waals surface area contributed by atoms with Gasteiger partial charge in [0.15, 0.2) is 0 Å². The largest absolute Gasteiger partial charge is 0.469 e. The summed E-state index contributed by atoms with van der Waals surface area (Å²) in [6.45, 7) is 2.96. The molecule has 0 aliphatic carbocycles. The van der Waals surface area contributed by atoms with Crippen molar-refractivity contribution in [2.45, 2.75) is 44.7 Å². The first-order valence-corrected chi connectivity index (χ1v) is 5.62. The van der Waals surface area contributed by atoms with Crippen LogP contribution in [0.3, 0.4) is 0 Å². The number of aliphatic hydroxyl groups is 1. The number of piperidine rings is 1. The lowest BCUT2D eigenvalue weighted by Crippen LogP contribution is -2.47. The molecule has 88 valence electrons. The summed E-state index contributed by atoms with van der Waals surface area (Å²) in [5, 5.41) is 8.99. The summed E-state index contributed by atoms with van der Waals surface area (Å²) in [6.07, 6.45) is 3.78. The Labute approximate surface area is 91.2 Å². The number of methoxy groups -OCH3 is 1. The summed E-state index contributed by atoms with van der Waals surface area (Å²) in [4.78, 5) is 13.4. The van der Waals surface area contributed by atoms with Crippen LogP contribution in [0.15, 0.2) is 0 Å². The lowest BCUT2D eigenvalue weighted by molar-refractivity contribution is -0.142. The van der Waals surface area contributed by atoms with E-state index in [9.17, 15) is 4.79 Å². The Kier molecular flexibility index (Phi) is 5.05. The third-order valence-electron chi connectivity index (χ3n) is 3.18. The predicted octanol–water partition coefficient (Wildman–Crippen LogP) is 0.785. The number of nitrogens with zero attached hydrogens (tertiary/aromatic N) is 1. The molecule has 0 aromatic heterocycles. The van der Waals surface area contributed by atoms with Crippen molar-refractivity contribution in [1.29, 1.82) is 0 Å². The minimum absolute atomic E-state index is 0.155. The second-order valence-corrected chi connectivity index (χ2v) is 4.18. The van der Waals surface area contributed by atoms with E-state index in [0.717, 1.165) is 19.3 Å². The van der Waals surface area contributed by atoms with E-state index in [1.807, 2.05) is 0 Å². The number of carbonyl (C=O) groups is 1. The first kappa shape index (κ1) is 12.5. The van der Waals surface area contributed by atoms with Gasteiger partial charge in [-0.25, -0.2) is 0 Å². The van der Waals surface area contributed by atoms with Gasteiger partial charge in [0.25, 0.3) is 0 Å². The minimum atomic E-state index is -0.156. The Hall–Kier alpha value is -0.610. The first-order valence-electron chi connectivity index (χ1n) is 5.62. The van der Waals surface area contributed by atoms with Crippen LogP contribution in [0.25, 0.3) is 0 Å². The number of ether oxygens (including phenoxy) is 1. The van der Waals surface area contributed by atoms with E-state index in [1.54, 1.807) is 0 Å². The third kappa shape index (κ3) is 3.47. The van der Waals surface area contributed by atoms with Crippen molar-refractivity contribution in [2.24, 2.45) is 0 Å². The molecule has 1 rings (SSSR count). The highest BCUT2D eigenvalue weighted by Gasteiger charge is 2.28. The highest BCUT2D eigenvalue weighted by atomic mass is 16.5. The average Bonchev–Trinajstić information content (AvgIpc) is 2.23. The molecule has 15 heavy (non-hydrogen) atoms. The van der Waals surface area contributed by atoms with Gasteiger partial charge in [-0.3, -0.25) is 9.69 Å². The second-order valence-electron chi connectivity index (χ2n) is 4.18. The molecule has 1 aliphatic heterocycles. The lowest BCUT2D eigenvalue weighted by Gasteiger charge is -2.39. The summed E-state index contributed by atoms with van der Waals surface area (Å²) in [6, 6.07) is 0.703. The fourth-order valence-electron chi connectivity index (χ4n) is 2.35. The molecule has 0 radical (unpaired) electrons. The van der Waals surface area contributed by atoms with Gasteiger partial charge < -0.3 is 9.84 Å². The Bertz CT molecular complexity index is 208. The molecule has 1 heterocycles. The van der Waals surface area contributed by atoms with Crippen LogP contribution in [0.4, 0.5) is 0 Å². The van der Waals surface area contributed by atoms with Gasteiger partial charge in [0.1, 0.15) is 0 Å². The highest BCUT2D eigenvalue weighted by Crippen LogP contribution is 2.24. The highest BCUT2D eigenvalue weighted by molar-refractivity contribution is 5.69. The molecule has 1 saturated heterocycles. The summed E-state index contributed by atoms with van der Waals surface area (Å²) in [7, 11) is 1.42. The fraction of sp³-hybridized carbons (Fsp3) is 0.909. The normalized spacial score (nSPS) is 27.7. The Morgan fingerprint density at radius 2 is 2.27 bits per heavy atom. The van der Waals surface area contributed by atoms with Crippen LogP contribution in [0.5, 0.6) is 0 Å². The van der Waals surface area contributed by atoms with Crippen molar-refractivity contribution >= 4 is 5.97 Å². The molecule has 4 nitrogen and oxygen atoms in total. The molecule has 1 aliphatic rings. The lowest BCUT2D eigenvalue weighted by atomic mass is 9.94. The van der Waals surface area contributed by atoms with Crippen LogP contribution in [0.2, 0.25) is 0 Å². The number of aliphatic hydroxyl groups excluding tert-OH is 1. The van der Waals surface area contributed by atoms with E-state index in [2.05, 4.69) is 16.6 Å². The number of likely N-dealkylation sites (tertiary alicyclic amines) is 1. The van der Waals surface area contributed by atoms with Crippen molar-refractivity contribution in [2.75, 3.05) is 20.3 Å². The van der Waals surface area contributed by atoms with E-state index in [0.29, 0.717) is 19.0 Å². The number of esters is 1. The molecule has 4 heteroatoms. The average molecular weight is 215 g/mol. The van der Waals surface area contributed by atoms with E-state index in [1.165, 1.54) is 7.11 Å². The zero-order valence-electron chi connectivity index (χ0n) is 9.61. The van der Waals surface area contributed by atoms with Gasteiger partial charge in [0.2, 0.25) is 0 Å². The first-order chi connectivity index (χ1) is 7.19. The molecular weight excluding hydrogens is 194 g/mol. The molecule has 0 saturated carbocycles. The predicted molar refractivity (Wildman–Crippen MR) is 57.5 cm³/mol. The van der Waals surface area contributed by atoms with Crippen LogP contribution in [-0.4, -0.2) is 48.3 Å². The monoisotopic (exact) mass is 215 g/mol. The van der Waals surface area contributed by atoms with Gasteiger partial charge in [-0.15, -0.1) is 0 Å². The van der Waals surface area contributed by atoms with E-state index >= 15 is 0 Å². The molecule has 1 fully saturated rings. The van der Waals surface area contributed by atoms with Crippen molar-refractivity contribution in [3.05, 3.63) is 0 Å². The van der Waals surface area contributed by atoms with Crippen molar-refractivity contribution in [1.82, 2.24) is 4.90 Å². The molecule has 0 aromatic carbocycles. The standard InChI is InChI=1S/C11H21NO3/c1-9-4-3-5-10(8-11(14)15-2)12(9)6-7-13/h9-10,13H,3-8H2,1-2H3/t9-,10-/m0/s1. The van der Waals surface area contributed by atoms with Gasteiger partial charge in [-0.05, 0) is 19.8 Å². The van der Waals surface area contributed by atoms with Crippen molar-refractivity contribution in [3.8, 4) is 0 Å². The maximum absolute atomic E-state index is 11.2. The Morgan fingerprint density at radius 3 is 2.87 bits per heavy atom. The maximum atomic E-state index is 11.2. The van der Waals surface area contributed by atoms with E-state index in [4.69, 9.17) is 5.11 Å². The van der Waals surface area contributed by atoms with Crippen LogP contribution in [-0.2, 0) is 9.53 Å². The molecule has 2 atom stereocenters. The van der Waals surface area contributed by atoms with E-state index in [-0.39, 0.29) is 18.6 Å². The number of hydrogen-bond acceptors (Lipinski definition) is 4. The Balaban J connectivity index is 2.53. The summed E-state index contributed by atoms with van der Waals surface area (Å²) < 4.78 is 4.69. The van der Waals surface area contributed by atoms with Crippen LogP contribution in [0.1, 0.15) is 32.6 Å². The second kappa shape index (κ2) is 6.08. The molecular formula is C11H21NO3. The molecule has 0 aromatic rings. The number of rotatable bonds is 4. The molecule has 0 bridgehead atoms. The van der Waals surface area contributed by atoms with Gasteiger partial charge in [0, 0.05) is 18.6 Å². The van der Waals surface area contributed by atoms with E-state index < -0.39 is 0 Å². The molecule has 0 amide bonds. The SMILES string of the molecule is COC(=O)C[C@@H]1CCC[C@H](C)N1CCO. The Morgan fingerprint density at radius 1 is 1.53 bits per heavy atom. The van der Waals surface area contributed by atoms with Gasteiger partial charge in [0.05, 0.1) is 20.1 Å². The number of carbonyl (C=O) groups excluding carboxylic acids is 1. The van der Waals surface area contributed by atoms with Crippen LogP contribution < -0.4 is 0 Å². The maximum Gasteiger partial charge on any atom is 0.307 e. The summed E-state index contributed by atoms with van der Waals surface area (Å²) >= 11 is 0.